The predicted octanol–water partition coefficient (Wildman–Crippen LogP) is 1.56. The normalized spacial score (nSPS) is 22.5. The quantitative estimate of drug-likeness (QED) is 0.684. The lowest BCUT2D eigenvalue weighted by Crippen LogP contribution is -2.40. The molecule has 0 aromatic carbocycles. The Morgan fingerprint density at radius 2 is 1.85 bits per heavy atom. The minimum atomic E-state index is 0.858. The highest BCUT2D eigenvalue weighted by Gasteiger charge is 2.17. The molecule has 0 aromatic heterocycles. The molecule has 1 aliphatic heterocycles. The van der Waals surface area contributed by atoms with Gasteiger partial charge in [-0.3, -0.25) is 4.90 Å². The van der Waals surface area contributed by atoms with Gasteiger partial charge in [0.05, 0.1) is 13.2 Å². The van der Waals surface area contributed by atoms with E-state index in [2.05, 4.69) is 22.2 Å². The number of morpholine rings is 1. The number of hydrogen-bond donors (Lipinski definition) is 1. The molecular weight excluding hydrogens is 250 g/mol. The Morgan fingerprint density at radius 3 is 2.60 bits per heavy atom. The van der Waals surface area contributed by atoms with E-state index < -0.39 is 0 Å². The SMILES string of the molecule is CN(CCCNCCN1CCOCC1)C1CCCCC1. The zero-order valence-electron chi connectivity index (χ0n) is 13.3. The van der Waals surface area contributed by atoms with Crippen LogP contribution in [0.15, 0.2) is 0 Å². The van der Waals surface area contributed by atoms with Gasteiger partial charge in [0.2, 0.25) is 0 Å². The topological polar surface area (TPSA) is 27.7 Å². The smallest absolute Gasteiger partial charge is 0.0594 e. The van der Waals surface area contributed by atoms with E-state index in [0.29, 0.717) is 0 Å². The Labute approximate surface area is 124 Å². The lowest BCUT2D eigenvalue weighted by atomic mass is 9.94. The van der Waals surface area contributed by atoms with Crippen LogP contribution in [-0.4, -0.2) is 75.4 Å². The molecule has 1 saturated carbocycles. The summed E-state index contributed by atoms with van der Waals surface area (Å²) >= 11 is 0. The molecule has 2 fully saturated rings. The summed E-state index contributed by atoms with van der Waals surface area (Å²) in [5, 5.41) is 3.58. The first kappa shape index (κ1) is 16.2. The van der Waals surface area contributed by atoms with Gasteiger partial charge >= 0.3 is 0 Å². The van der Waals surface area contributed by atoms with E-state index in [1.807, 2.05) is 0 Å². The minimum absolute atomic E-state index is 0.858. The molecule has 0 unspecified atom stereocenters. The first-order chi connectivity index (χ1) is 9.86. The van der Waals surface area contributed by atoms with Crippen molar-refractivity contribution in [3.63, 3.8) is 0 Å². The number of nitrogens with one attached hydrogen (secondary N) is 1. The molecule has 0 radical (unpaired) electrons. The molecule has 2 aliphatic rings. The molecule has 0 spiro atoms. The van der Waals surface area contributed by atoms with Crippen LogP contribution >= 0.6 is 0 Å². The average molecular weight is 283 g/mol. The van der Waals surface area contributed by atoms with Gasteiger partial charge in [-0.05, 0) is 39.4 Å². The van der Waals surface area contributed by atoms with Crippen molar-refractivity contribution >= 4 is 0 Å². The monoisotopic (exact) mass is 283 g/mol. The van der Waals surface area contributed by atoms with Crippen LogP contribution in [0.25, 0.3) is 0 Å². The van der Waals surface area contributed by atoms with Crippen molar-refractivity contribution in [2.45, 2.75) is 44.6 Å². The van der Waals surface area contributed by atoms with Gasteiger partial charge in [0, 0.05) is 32.2 Å². The van der Waals surface area contributed by atoms with Gasteiger partial charge in [0.1, 0.15) is 0 Å². The molecule has 0 bridgehead atoms. The fourth-order valence-corrected chi connectivity index (χ4v) is 3.34. The number of ether oxygens (including phenoxy) is 1. The van der Waals surface area contributed by atoms with Gasteiger partial charge in [0.15, 0.2) is 0 Å². The summed E-state index contributed by atoms with van der Waals surface area (Å²) in [7, 11) is 2.31. The Bertz CT molecular complexity index is 238. The lowest BCUT2D eigenvalue weighted by Gasteiger charge is -2.31. The Hall–Kier alpha value is -0.160. The zero-order chi connectivity index (χ0) is 14.0. The third kappa shape index (κ3) is 6.08. The van der Waals surface area contributed by atoms with Crippen molar-refractivity contribution in [1.82, 2.24) is 15.1 Å². The van der Waals surface area contributed by atoms with Crippen molar-refractivity contribution in [2.75, 3.05) is 59.5 Å². The number of hydrogen-bond acceptors (Lipinski definition) is 4. The summed E-state index contributed by atoms with van der Waals surface area (Å²) in [5.41, 5.74) is 0. The maximum atomic E-state index is 5.36. The molecule has 20 heavy (non-hydrogen) atoms. The first-order valence-electron chi connectivity index (χ1n) is 8.57. The molecule has 1 N–H and O–H groups in total. The average Bonchev–Trinajstić information content (AvgIpc) is 2.52. The molecule has 4 nitrogen and oxygen atoms in total. The van der Waals surface area contributed by atoms with E-state index in [9.17, 15) is 0 Å². The Kier molecular flexibility index (Phi) is 7.88. The van der Waals surface area contributed by atoms with E-state index >= 15 is 0 Å². The molecule has 0 amide bonds. The zero-order valence-corrected chi connectivity index (χ0v) is 13.3. The highest BCUT2D eigenvalue weighted by atomic mass is 16.5. The van der Waals surface area contributed by atoms with Gasteiger partial charge in [-0.25, -0.2) is 0 Å². The van der Waals surface area contributed by atoms with Gasteiger partial charge in [0.25, 0.3) is 0 Å². The second kappa shape index (κ2) is 9.72. The summed E-state index contributed by atoms with van der Waals surface area (Å²) in [5.74, 6) is 0. The molecule has 118 valence electrons. The molecule has 1 saturated heterocycles. The van der Waals surface area contributed by atoms with E-state index in [4.69, 9.17) is 4.74 Å². The Morgan fingerprint density at radius 1 is 1.10 bits per heavy atom. The van der Waals surface area contributed by atoms with Crippen LogP contribution in [0.2, 0.25) is 0 Å². The summed E-state index contributed by atoms with van der Waals surface area (Å²) in [6.07, 6.45) is 8.44. The van der Waals surface area contributed by atoms with Crippen LogP contribution < -0.4 is 5.32 Å². The van der Waals surface area contributed by atoms with Crippen LogP contribution in [0.4, 0.5) is 0 Å². The van der Waals surface area contributed by atoms with Crippen LogP contribution in [0.5, 0.6) is 0 Å². The number of nitrogens with zero attached hydrogens (tertiary/aromatic N) is 2. The molecule has 1 heterocycles. The summed E-state index contributed by atoms with van der Waals surface area (Å²) in [6, 6.07) is 0.858. The maximum absolute atomic E-state index is 5.36. The highest BCUT2D eigenvalue weighted by molar-refractivity contribution is 4.73. The third-order valence-corrected chi connectivity index (χ3v) is 4.77. The molecule has 4 heteroatoms. The summed E-state index contributed by atoms with van der Waals surface area (Å²) < 4.78 is 5.36. The second-order valence-electron chi connectivity index (χ2n) is 6.33. The van der Waals surface area contributed by atoms with Crippen molar-refractivity contribution in [2.24, 2.45) is 0 Å². The van der Waals surface area contributed by atoms with Gasteiger partial charge in [-0.1, -0.05) is 19.3 Å². The van der Waals surface area contributed by atoms with Crippen LogP contribution in [-0.2, 0) is 4.74 Å². The molecule has 0 atom stereocenters. The van der Waals surface area contributed by atoms with Gasteiger partial charge in [-0.15, -0.1) is 0 Å². The minimum Gasteiger partial charge on any atom is -0.379 e. The molecule has 2 rings (SSSR count). The molecular formula is C16H33N3O. The van der Waals surface area contributed by atoms with Crippen molar-refractivity contribution in [3.05, 3.63) is 0 Å². The van der Waals surface area contributed by atoms with Crippen LogP contribution in [0.1, 0.15) is 38.5 Å². The molecule has 1 aliphatic carbocycles. The summed E-state index contributed by atoms with van der Waals surface area (Å²) in [4.78, 5) is 5.08. The van der Waals surface area contributed by atoms with Crippen molar-refractivity contribution < 1.29 is 4.74 Å². The fourth-order valence-electron chi connectivity index (χ4n) is 3.34. The Balaban J connectivity index is 1.42. The second-order valence-corrected chi connectivity index (χ2v) is 6.33. The van der Waals surface area contributed by atoms with Crippen molar-refractivity contribution in [3.8, 4) is 0 Å². The largest absolute Gasteiger partial charge is 0.379 e. The highest BCUT2D eigenvalue weighted by Crippen LogP contribution is 2.21. The standard InChI is InChI=1S/C16H33N3O/c1-18(16-6-3-2-4-7-16)10-5-8-17-9-11-19-12-14-20-15-13-19/h16-17H,2-15H2,1H3. The lowest BCUT2D eigenvalue weighted by molar-refractivity contribution is 0.0384. The molecule has 0 aromatic rings. The van der Waals surface area contributed by atoms with Gasteiger partial charge < -0.3 is 15.0 Å². The number of rotatable bonds is 8. The fraction of sp³-hybridized carbons (Fsp3) is 1.00. The predicted molar refractivity (Wildman–Crippen MR) is 84.2 cm³/mol. The van der Waals surface area contributed by atoms with E-state index in [0.717, 1.165) is 45.4 Å². The van der Waals surface area contributed by atoms with Gasteiger partial charge in [-0.2, -0.15) is 0 Å². The van der Waals surface area contributed by atoms with Crippen molar-refractivity contribution in [1.29, 1.82) is 0 Å². The van der Waals surface area contributed by atoms with Crippen LogP contribution in [0.3, 0.4) is 0 Å². The van der Waals surface area contributed by atoms with Crippen LogP contribution in [0, 0.1) is 0 Å². The third-order valence-electron chi connectivity index (χ3n) is 4.77. The maximum Gasteiger partial charge on any atom is 0.0594 e. The van der Waals surface area contributed by atoms with E-state index in [1.165, 1.54) is 51.6 Å². The van der Waals surface area contributed by atoms with E-state index in [-0.39, 0.29) is 0 Å². The summed E-state index contributed by atoms with van der Waals surface area (Å²) in [6.45, 7) is 8.71. The van der Waals surface area contributed by atoms with E-state index in [1.54, 1.807) is 0 Å². The first-order valence-corrected chi connectivity index (χ1v) is 8.57.